The van der Waals surface area contributed by atoms with Crippen LogP contribution in [0.1, 0.15) is 47.5 Å². The zero-order valence-corrected chi connectivity index (χ0v) is 15.7. The van der Waals surface area contributed by atoms with Crippen molar-refractivity contribution in [1.29, 1.82) is 0 Å². The van der Waals surface area contributed by atoms with Gasteiger partial charge in [-0.05, 0) is 71.7 Å². The molecule has 25 heavy (non-hydrogen) atoms. The van der Waals surface area contributed by atoms with Crippen LogP contribution in [0.4, 0.5) is 5.69 Å². The maximum atomic E-state index is 12.2. The average molecular weight is 347 g/mol. The first kappa shape index (κ1) is 19.2. The van der Waals surface area contributed by atoms with Gasteiger partial charge in [-0.2, -0.15) is 0 Å². The minimum Gasteiger partial charge on any atom is -0.494 e. The molecule has 1 aromatic carbocycles. The van der Waals surface area contributed by atoms with Crippen LogP contribution >= 0.6 is 0 Å². The molecule has 1 aliphatic heterocycles. The lowest BCUT2D eigenvalue weighted by molar-refractivity contribution is -0.137. The summed E-state index contributed by atoms with van der Waals surface area (Å²) in [6.45, 7) is 10.9. The van der Waals surface area contributed by atoms with Gasteiger partial charge < -0.3 is 20.7 Å². The van der Waals surface area contributed by atoms with Gasteiger partial charge in [0.15, 0.2) is 0 Å². The van der Waals surface area contributed by atoms with Crippen molar-refractivity contribution >= 4 is 17.5 Å². The summed E-state index contributed by atoms with van der Waals surface area (Å²) >= 11 is 0. The van der Waals surface area contributed by atoms with Gasteiger partial charge in [-0.1, -0.05) is 0 Å². The van der Waals surface area contributed by atoms with E-state index in [9.17, 15) is 9.59 Å². The number of anilines is 1. The Labute approximate surface area is 149 Å². The van der Waals surface area contributed by atoms with E-state index in [-0.39, 0.29) is 17.1 Å². The highest BCUT2D eigenvalue weighted by Gasteiger charge is 2.38. The average Bonchev–Trinajstić information content (AvgIpc) is 2.46. The molecule has 3 N–H and O–H groups in total. The topological polar surface area (TPSA) is 79.5 Å². The Morgan fingerprint density at radius 3 is 2.16 bits per heavy atom. The van der Waals surface area contributed by atoms with Crippen molar-refractivity contribution in [3.05, 3.63) is 24.3 Å². The molecule has 1 aromatic rings. The first-order valence-corrected chi connectivity index (χ1v) is 8.74. The van der Waals surface area contributed by atoms with Crippen LogP contribution in [0.5, 0.6) is 5.75 Å². The summed E-state index contributed by atoms with van der Waals surface area (Å²) in [6.07, 6.45) is 1.55. The van der Waals surface area contributed by atoms with Gasteiger partial charge in [0.1, 0.15) is 5.75 Å². The van der Waals surface area contributed by atoms with Crippen molar-refractivity contribution in [1.82, 2.24) is 10.6 Å². The second-order valence-electron chi connectivity index (χ2n) is 7.88. The number of piperidine rings is 1. The highest BCUT2D eigenvalue weighted by atomic mass is 16.5. The summed E-state index contributed by atoms with van der Waals surface area (Å²) in [7, 11) is 0. The minimum absolute atomic E-state index is 0.0372. The number of rotatable bonds is 4. The largest absolute Gasteiger partial charge is 0.494 e. The van der Waals surface area contributed by atoms with E-state index in [1.807, 2.05) is 6.92 Å². The van der Waals surface area contributed by atoms with Gasteiger partial charge in [-0.15, -0.1) is 0 Å². The maximum Gasteiger partial charge on any atom is 0.313 e. The second kappa shape index (κ2) is 7.44. The standard InChI is InChI=1S/C19H29N3O3/c1-6-25-15-9-7-13(8-10-15)20-16(23)17(24)21-14-11-18(2,3)22-19(4,5)12-14/h7-10,14,22H,6,11-12H2,1-5H3,(H,20,23)(H,21,24). The van der Waals surface area contributed by atoms with E-state index in [0.717, 1.165) is 18.6 Å². The maximum absolute atomic E-state index is 12.2. The molecular weight excluding hydrogens is 318 g/mol. The van der Waals surface area contributed by atoms with Crippen LogP contribution in [0.2, 0.25) is 0 Å². The zero-order chi connectivity index (χ0) is 18.7. The Bertz CT molecular complexity index is 607. The van der Waals surface area contributed by atoms with Crippen molar-refractivity contribution in [3.63, 3.8) is 0 Å². The number of ether oxygens (including phenoxy) is 1. The number of hydrogen-bond acceptors (Lipinski definition) is 4. The Balaban J connectivity index is 1.92. The molecule has 2 amide bonds. The first-order chi connectivity index (χ1) is 11.6. The number of carbonyl (C=O) groups excluding carboxylic acids is 2. The summed E-state index contributed by atoms with van der Waals surface area (Å²) in [5.41, 5.74) is 0.380. The van der Waals surface area contributed by atoms with Gasteiger partial charge in [0.25, 0.3) is 0 Å². The van der Waals surface area contributed by atoms with Crippen LogP contribution in [0.25, 0.3) is 0 Å². The molecule has 1 heterocycles. The van der Waals surface area contributed by atoms with Gasteiger partial charge >= 0.3 is 11.8 Å². The molecule has 0 aliphatic carbocycles. The van der Waals surface area contributed by atoms with E-state index in [1.165, 1.54) is 0 Å². The third kappa shape index (κ3) is 5.74. The quantitative estimate of drug-likeness (QED) is 0.731. The molecule has 6 nitrogen and oxygen atoms in total. The monoisotopic (exact) mass is 347 g/mol. The van der Waals surface area contributed by atoms with Crippen molar-refractivity contribution in [2.75, 3.05) is 11.9 Å². The molecule has 1 fully saturated rings. The molecular formula is C19H29N3O3. The molecule has 0 bridgehead atoms. The van der Waals surface area contributed by atoms with Crippen LogP contribution in [0, 0.1) is 0 Å². The molecule has 138 valence electrons. The Morgan fingerprint density at radius 2 is 1.64 bits per heavy atom. The van der Waals surface area contributed by atoms with Gasteiger partial charge in [-0.25, -0.2) is 0 Å². The molecule has 2 rings (SSSR count). The lowest BCUT2D eigenvalue weighted by Gasteiger charge is -2.46. The minimum atomic E-state index is -0.654. The van der Waals surface area contributed by atoms with E-state index in [1.54, 1.807) is 24.3 Å². The Morgan fingerprint density at radius 1 is 1.08 bits per heavy atom. The van der Waals surface area contributed by atoms with Crippen LogP contribution in [-0.2, 0) is 9.59 Å². The molecule has 1 aliphatic rings. The van der Waals surface area contributed by atoms with Gasteiger partial charge in [0.05, 0.1) is 6.61 Å². The second-order valence-corrected chi connectivity index (χ2v) is 7.88. The van der Waals surface area contributed by atoms with Crippen LogP contribution in [0.15, 0.2) is 24.3 Å². The van der Waals surface area contributed by atoms with Crippen LogP contribution in [0.3, 0.4) is 0 Å². The molecule has 0 radical (unpaired) electrons. The Kier molecular flexibility index (Phi) is 5.72. The van der Waals surface area contributed by atoms with Crippen LogP contribution < -0.4 is 20.7 Å². The van der Waals surface area contributed by atoms with Gasteiger partial charge in [0.2, 0.25) is 0 Å². The fourth-order valence-corrected chi connectivity index (χ4v) is 3.66. The zero-order valence-electron chi connectivity index (χ0n) is 15.7. The third-order valence-electron chi connectivity index (χ3n) is 4.15. The number of benzene rings is 1. The van der Waals surface area contributed by atoms with Crippen molar-refractivity contribution in [2.45, 2.75) is 64.6 Å². The van der Waals surface area contributed by atoms with E-state index in [0.29, 0.717) is 12.3 Å². The summed E-state index contributed by atoms with van der Waals surface area (Å²) in [6, 6.07) is 6.91. The lowest BCUT2D eigenvalue weighted by atomic mass is 9.79. The highest BCUT2D eigenvalue weighted by Crippen LogP contribution is 2.28. The van der Waals surface area contributed by atoms with Crippen molar-refractivity contribution in [3.8, 4) is 5.75 Å². The molecule has 0 unspecified atom stereocenters. The number of amides is 2. The Hall–Kier alpha value is -2.08. The van der Waals surface area contributed by atoms with Crippen LogP contribution in [-0.4, -0.2) is 35.5 Å². The highest BCUT2D eigenvalue weighted by molar-refractivity contribution is 6.39. The van der Waals surface area contributed by atoms with E-state index >= 15 is 0 Å². The first-order valence-electron chi connectivity index (χ1n) is 8.74. The van der Waals surface area contributed by atoms with Crippen molar-refractivity contribution < 1.29 is 14.3 Å². The summed E-state index contributed by atoms with van der Waals surface area (Å²) in [4.78, 5) is 24.4. The van der Waals surface area contributed by atoms with Gasteiger partial charge in [-0.3, -0.25) is 9.59 Å². The molecule has 0 atom stereocenters. The van der Waals surface area contributed by atoms with E-state index in [4.69, 9.17) is 4.74 Å². The van der Waals surface area contributed by atoms with Crippen molar-refractivity contribution in [2.24, 2.45) is 0 Å². The fourth-order valence-electron chi connectivity index (χ4n) is 3.66. The predicted molar refractivity (Wildman–Crippen MR) is 98.7 cm³/mol. The predicted octanol–water partition coefficient (Wildman–Crippen LogP) is 2.45. The summed E-state index contributed by atoms with van der Waals surface area (Å²) in [5.74, 6) is -0.533. The number of nitrogens with one attached hydrogen (secondary N) is 3. The fraction of sp³-hybridized carbons (Fsp3) is 0.579. The van der Waals surface area contributed by atoms with E-state index in [2.05, 4.69) is 43.6 Å². The summed E-state index contributed by atoms with van der Waals surface area (Å²) in [5, 5.41) is 9.04. The number of hydrogen-bond donors (Lipinski definition) is 3. The molecule has 1 saturated heterocycles. The lowest BCUT2D eigenvalue weighted by Crippen LogP contribution is -2.62. The molecule has 0 saturated carbocycles. The molecule has 0 aromatic heterocycles. The molecule has 6 heteroatoms. The smallest absolute Gasteiger partial charge is 0.313 e. The van der Waals surface area contributed by atoms with Gasteiger partial charge in [0, 0.05) is 22.8 Å². The molecule has 0 spiro atoms. The van der Waals surface area contributed by atoms with E-state index < -0.39 is 11.8 Å². The third-order valence-corrected chi connectivity index (χ3v) is 4.15. The normalized spacial score (nSPS) is 19.1. The summed E-state index contributed by atoms with van der Waals surface area (Å²) < 4.78 is 5.35. The number of carbonyl (C=O) groups is 2. The SMILES string of the molecule is CCOc1ccc(NC(=O)C(=O)NC2CC(C)(C)NC(C)(C)C2)cc1.